The maximum Gasteiger partial charge on any atom is 0.00723 e. The molecule has 2 heteroatoms. The van der Waals surface area contributed by atoms with E-state index in [1.165, 1.54) is 31.4 Å². The van der Waals surface area contributed by atoms with Gasteiger partial charge in [0.2, 0.25) is 0 Å². The second-order valence-corrected chi connectivity index (χ2v) is 3.35. The fourth-order valence-corrected chi connectivity index (χ4v) is 1.85. The van der Waals surface area contributed by atoms with Gasteiger partial charge in [0.15, 0.2) is 0 Å². The van der Waals surface area contributed by atoms with E-state index in [0.29, 0.717) is 0 Å². The van der Waals surface area contributed by atoms with Gasteiger partial charge in [0.1, 0.15) is 0 Å². The molecule has 1 aliphatic heterocycles. The van der Waals surface area contributed by atoms with Gasteiger partial charge in [0.25, 0.3) is 0 Å². The maximum atomic E-state index is 3.51. The largest absolute Gasteiger partial charge is 0.303 e. The molecule has 1 rings (SSSR count). The van der Waals surface area contributed by atoms with Gasteiger partial charge in [-0.1, -0.05) is 22.9 Å². The van der Waals surface area contributed by atoms with Crippen molar-refractivity contribution < 1.29 is 0 Å². The van der Waals surface area contributed by atoms with Crippen LogP contribution in [0.3, 0.4) is 0 Å². The van der Waals surface area contributed by atoms with Crippen LogP contribution in [-0.4, -0.2) is 29.9 Å². The van der Waals surface area contributed by atoms with Crippen LogP contribution < -0.4 is 0 Å². The van der Waals surface area contributed by atoms with Gasteiger partial charge in [-0.3, -0.25) is 0 Å². The predicted octanol–water partition coefficient (Wildman–Crippen LogP) is 1.72. The zero-order valence-electron chi connectivity index (χ0n) is 5.94. The highest BCUT2D eigenvalue weighted by Crippen LogP contribution is 2.16. The van der Waals surface area contributed by atoms with Crippen molar-refractivity contribution in [3.8, 4) is 0 Å². The van der Waals surface area contributed by atoms with Crippen LogP contribution in [-0.2, 0) is 0 Å². The summed E-state index contributed by atoms with van der Waals surface area (Å²) >= 11 is 3.51. The number of alkyl halides is 1. The molecule has 1 aliphatic rings. The van der Waals surface area contributed by atoms with E-state index in [1.54, 1.807) is 0 Å². The molecule has 1 heterocycles. The number of nitrogens with zero attached hydrogens (tertiary/aromatic N) is 1. The Labute approximate surface area is 65.6 Å². The molecule has 0 aromatic heterocycles. The average molecular weight is 192 g/mol. The molecule has 1 saturated heterocycles. The lowest BCUT2D eigenvalue weighted by molar-refractivity contribution is 0.347. The summed E-state index contributed by atoms with van der Waals surface area (Å²) in [5.41, 5.74) is 0. The molecule has 0 radical (unpaired) electrons. The number of likely N-dealkylation sites (tertiary alicyclic amines) is 1. The van der Waals surface area contributed by atoms with Crippen LogP contribution in [0.1, 0.15) is 13.3 Å². The van der Waals surface area contributed by atoms with Gasteiger partial charge in [0.05, 0.1) is 0 Å². The highest BCUT2D eigenvalue weighted by Gasteiger charge is 2.19. The first-order valence-electron chi connectivity index (χ1n) is 3.65. The fourth-order valence-electron chi connectivity index (χ4n) is 1.33. The Morgan fingerprint density at radius 2 is 2.44 bits per heavy atom. The molecular formula is C7H14BrN. The highest BCUT2D eigenvalue weighted by atomic mass is 79.9. The van der Waals surface area contributed by atoms with Crippen LogP contribution in [0.25, 0.3) is 0 Å². The van der Waals surface area contributed by atoms with Crippen molar-refractivity contribution in [2.45, 2.75) is 13.3 Å². The Hall–Kier alpha value is 0.440. The van der Waals surface area contributed by atoms with Gasteiger partial charge in [-0.25, -0.2) is 0 Å². The predicted molar refractivity (Wildman–Crippen MR) is 44.0 cm³/mol. The zero-order chi connectivity index (χ0) is 6.69. The van der Waals surface area contributed by atoms with Gasteiger partial charge in [-0.2, -0.15) is 0 Å². The molecule has 0 unspecified atom stereocenters. The molecule has 0 aromatic carbocycles. The zero-order valence-corrected chi connectivity index (χ0v) is 7.52. The third-order valence-electron chi connectivity index (χ3n) is 2.04. The van der Waals surface area contributed by atoms with Crippen molar-refractivity contribution in [1.82, 2.24) is 4.90 Å². The smallest absolute Gasteiger partial charge is 0.00723 e. The summed E-state index contributed by atoms with van der Waals surface area (Å²) in [5, 5.41) is 1.18. The molecule has 0 N–H and O–H groups in total. The molecular weight excluding hydrogens is 178 g/mol. The van der Waals surface area contributed by atoms with E-state index < -0.39 is 0 Å². The van der Waals surface area contributed by atoms with Crippen LogP contribution in [0.2, 0.25) is 0 Å². The number of hydrogen-bond acceptors (Lipinski definition) is 1. The molecule has 9 heavy (non-hydrogen) atoms. The van der Waals surface area contributed by atoms with Crippen LogP contribution in [0.4, 0.5) is 0 Å². The summed E-state index contributed by atoms with van der Waals surface area (Å²) in [6.45, 7) is 6.08. The lowest BCUT2D eigenvalue weighted by atomic mass is 10.2. The first-order valence-corrected chi connectivity index (χ1v) is 4.77. The van der Waals surface area contributed by atoms with E-state index in [0.717, 1.165) is 5.92 Å². The van der Waals surface area contributed by atoms with Gasteiger partial charge in [-0.15, -0.1) is 0 Å². The Bertz CT molecular complexity index is 75.0. The number of hydrogen-bond donors (Lipinski definition) is 0. The maximum absolute atomic E-state index is 3.51. The van der Waals surface area contributed by atoms with E-state index in [1.807, 2.05) is 0 Å². The average Bonchev–Trinajstić information content (AvgIpc) is 2.34. The molecule has 0 saturated carbocycles. The quantitative estimate of drug-likeness (QED) is 0.602. The molecule has 1 atom stereocenters. The number of halogens is 1. The van der Waals surface area contributed by atoms with Gasteiger partial charge in [0, 0.05) is 11.9 Å². The Morgan fingerprint density at radius 3 is 2.78 bits per heavy atom. The summed E-state index contributed by atoms with van der Waals surface area (Å²) in [7, 11) is 0. The highest BCUT2D eigenvalue weighted by molar-refractivity contribution is 9.09. The molecule has 0 spiro atoms. The molecule has 54 valence electrons. The lowest BCUT2D eigenvalue weighted by Gasteiger charge is -2.10. The van der Waals surface area contributed by atoms with E-state index in [-0.39, 0.29) is 0 Å². The summed E-state index contributed by atoms with van der Waals surface area (Å²) in [6.07, 6.45) is 1.39. The van der Waals surface area contributed by atoms with Crippen molar-refractivity contribution in [3.63, 3.8) is 0 Å². The van der Waals surface area contributed by atoms with Crippen LogP contribution in [0.5, 0.6) is 0 Å². The van der Waals surface area contributed by atoms with Crippen LogP contribution in [0, 0.1) is 5.92 Å². The third-order valence-corrected chi connectivity index (χ3v) is 2.95. The van der Waals surface area contributed by atoms with E-state index >= 15 is 0 Å². The molecule has 1 nitrogen and oxygen atoms in total. The first-order chi connectivity index (χ1) is 4.36. The summed E-state index contributed by atoms with van der Waals surface area (Å²) in [6, 6.07) is 0. The minimum absolute atomic E-state index is 0.921. The second-order valence-electron chi connectivity index (χ2n) is 2.70. The molecule has 0 aromatic rings. The minimum atomic E-state index is 0.921. The van der Waals surface area contributed by atoms with E-state index in [2.05, 4.69) is 27.8 Å². The van der Waals surface area contributed by atoms with E-state index in [4.69, 9.17) is 0 Å². The Morgan fingerprint density at radius 1 is 1.67 bits per heavy atom. The van der Waals surface area contributed by atoms with Gasteiger partial charge < -0.3 is 4.90 Å². The minimum Gasteiger partial charge on any atom is -0.303 e. The monoisotopic (exact) mass is 191 g/mol. The third kappa shape index (κ3) is 1.94. The van der Waals surface area contributed by atoms with Crippen LogP contribution in [0.15, 0.2) is 0 Å². The Balaban J connectivity index is 2.20. The van der Waals surface area contributed by atoms with Crippen LogP contribution >= 0.6 is 15.9 Å². The van der Waals surface area contributed by atoms with Crippen molar-refractivity contribution in [2.75, 3.05) is 25.0 Å². The fraction of sp³-hybridized carbons (Fsp3) is 1.00. The van der Waals surface area contributed by atoms with Gasteiger partial charge in [-0.05, 0) is 25.4 Å². The Kier molecular flexibility index (Phi) is 2.99. The lowest BCUT2D eigenvalue weighted by Crippen LogP contribution is -2.19. The second kappa shape index (κ2) is 3.57. The molecule has 0 bridgehead atoms. The van der Waals surface area contributed by atoms with E-state index in [9.17, 15) is 0 Å². The summed E-state index contributed by atoms with van der Waals surface area (Å²) in [5.74, 6) is 0.921. The first kappa shape index (κ1) is 7.55. The topological polar surface area (TPSA) is 3.24 Å². The molecule has 0 aliphatic carbocycles. The molecule has 1 fully saturated rings. The standard InChI is InChI=1S/C7H14BrN/c1-2-9-4-3-7(5-8)6-9/h7H,2-6H2,1H3/t7-/m1/s1. The van der Waals surface area contributed by atoms with Crippen molar-refractivity contribution in [3.05, 3.63) is 0 Å². The van der Waals surface area contributed by atoms with Gasteiger partial charge >= 0.3 is 0 Å². The number of rotatable bonds is 2. The molecule has 0 amide bonds. The SMILES string of the molecule is CCN1CC[C@H](CBr)C1. The van der Waals surface area contributed by atoms with Crippen molar-refractivity contribution in [2.24, 2.45) is 5.92 Å². The normalized spacial score (nSPS) is 29.3. The van der Waals surface area contributed by atoms with Crippen molar-refractivity contribution in [1.29, 1.82) is 0 Å². The summed E-state index contributed by atoms with van der Waals surface area (Å²) in [4.78, 5) is 2.51. The van der Waals surface area contributed by atoms with Crippen molar-refractivity contribution >= 4 is 15.9 Å². The summed E-state index contributed by atoms with van der Waals surface area (Å²) < 4.78 is 0.